The van der Waals surface area contributed by atoms with Crippen molar-refractivity contribution in [2.75, 3.05) is 19.0 Å². The molecule has 0 amide bonds. The predicted molar refractivity (Wildman–Crippen MR) is 79.8 cm³/mol. The Hall–Kier alpha value is -2.14. The standard InChI is InChI=1S/C15H20N4O/c1-11-14(18-10-19-15(11)20-2)17-9-13-5-3-12(4-6-13)7-8-16/h3-6,10H,7-9,16H2,1-2H3,(H,17,18,19). The number of rotatable bonds is 6. The first-order valence-electron chi connectivity index (χ1n) is 6.62. The Morgan fingerprint density at radius 3 is 2.50 bits per heavy atom. The molecule has 0 saturated carbocycles. The quantitative estimate of drug-likeness (QED) is 0.840. The number of hydrogen-bond acceptors (Lipinski definition) is 5. The number of nitrogens with one attached hydrogen (secondary N) is 1. The smallest absolute Gasteiger partial charge is 0.221 e. The van der Waals surface area contributed by atoms with Gasteiger partial charge in [0.25, 0.3) is 0 Å². The maximum Gasteiger partial charge on any atom is 0.221 e. The van der Waals surface area contributed by atoms with Crippen molar-refractivity contribution in [2.24, 2.45) is 5.73 Å². The average Bonchev–Trinajstić information content (AvgIpc) is 2.48. The molecule has 1 heterocycles. The van der Waals surface area contributed by atoms with Gasteiger partial charge in [-0.1, -0.05) is 24.3 Å². The number of nitrogens with zero attached hydrogens (tertiary/aromatic N) is 2. The summed E-state index contributed by atoms with van der Waals surface area (Å²) in [5.41, 5.74) is 8.91. The van der Waals surface area contributed by atoms with Gasteiger partial charge in [-0.05, 0) is 31.0 Å². The number of anilines is 1. The van der Waals surface area contributed by atoms with E-state index < -0.39 is 0 Å². The normalized spacial score (nSPS) is 10.3. The fourth-order valence-electron chi connectivity index (χ4n) is 1.99. The second-order valence-electron chi connectivity index (χ2n) is 4.57. The number of hydrogen-bond donors (Lipinski definition) is 2. The van der Waals surface area contributed by atoms with Crippen molar-refractivity contribution in [1.82, 2.24) is 9.97 Å². The summed E-state index contributed by atoms with van der Waals surface area (Å²) in [6.07, 6.45) is 2.41. The van der Waals surface area contributed by atoms with E-state index in [0.717, 1.165) is 17.8 Å². The maximum atomic E-state index is 5.54. The monoisotopic (exact) mass is 272 g/mol. The first-order valence-corrected chi connectivity index (χ1v) is 6.62. The van der Waals surface area contributed by atoms with Gasteiger partial charge in [0.2, 0.25) is 5.88 Å². The van der Waals surface area contributed by atoms with E-state index >= 15 is 0 Å². The van der Waals surface area contributed by atoms with Gasteiger partial charge in [0.1, 0.15) is 12.1 Å². The highest BCUT2D eigenvalue weighted by molar-refractivity contribution is 5.48. The highest BCUT2D eigenvalue weighted by atomic mass is 16.5. The van der Waals surface area contributed by atoms with Gasteiger partial charge in [-0.2, -0.15) is 0 Å². The lowest BCUT2D eigenvalue weighted by Gasteiger charge is -2.10. The molecule has 2 rings (SSSR count). The molecule has 0 fully saturated rings. The van der Waals surface area contributed by atoms with Crippen LogP contribution in [0, 0.1) is 6.92 Å². The summed E-state index contributed by atoms with van der Waals surface area (Å²) in [6.45, 7) is 3.33. The van der Waals surface area contributed by atoms with Crippen LogP contribution in [0.5, 0.6) is 5.88 Å². The Labute approximate surface area is 119 Å². The highest BCUT2D eigenvalue weighted by Gasteiger charge is 2.06. The molecule has 106 valence electrons. The molecule has 0 atom stereocenters. The Kier molecular flexibility index (Phi) is 4.90. The van der Waals surface area contributed by atoms with E-state index in [9.17, 15) is 0 Å². The molecule has 20 heavy (non-hydrogen) atoms. The second kappa shape index (κ2) is 6.86. The Bertz CT molecular complexity index is 554. The van der Waals surface area contributed by atoms with Crippen molar-refractivity contribution in [3.63, 3.8) is 0 Å². The largest absolute Gasteiger partial charge is 0.481 e. The van der Waals surface area contributed by atoms with Crippen molar-refractivity contribution in [1.29, 1.82) is 0 Å². The van der Waals surface area contributed by atoms with Gasteiger partial charge >= 0.3 is 0 Å². The van der Waals surface area contributed by atoms with Gasteiger partial charge in [0, 0.05) is 6.54 Å². The summed E-state index contributed by atoms with van der Waals surface area (Å²) in [4.78, 5) is 8.29. The highest BCUT2D eigenvalue weighted by Crippen LogP contribution is 2.20. The van der Waals surface area contributed by atoms with Crippen molar-refractivity contribution >= 4 is 5.82 Å². The first-order chi connectivity index (χ1) is 9.74. The third kappa shape index (κ3) is 3.45. The van der Waals surface area contributed by atoms with Crippen LogP contribution in [-0.4, -0.2) is 23.6 Å². The zero-order valence-electron chi connectivity index (χ0n) is 11.9. The van der Waals surface area contributed by atoms with Gasteiger partial charge in [-0.15, -0.1) is 0 Å². The zero-order chi connectivity index (χ0) is 14.4. The summed E-state index contributed by atoms with van der Waals surface area (Å²) >= 11 is 0. The Morgan fingerprint density at radius 2 is 1.85 bits per heavy atom. The summed E-state index contributed by atoms with van der Waals surface area (Å²) in [5, 5.41) is 3.30. The van der Waals surface area contributed by atoms with Crippen LogP contribution in [0.15, 0.2) is 30.6 Å². The van der Waals surface area contributed by atoms with Crippen molar-refractivity contribution in [3.05, 3.63) is 47.3 Å². The SMILES string of the molecule is COc1ncnc(NCc2ccc(CCN)cc2)c1C. The molecule has 5 nitrogen and oxygen atoms in total. The second-order valence-corrected chi connectivity index (χ2v) is 4.57. The molecule has 3 N–H and O–H groups in total. The molecule has 1 aromatic heterocycles. The van der Waals surface area contributed by atoms with Crippen LogP contribution in [0.2, 0.25) is 0 Å². The van der Waals surface area contributed by atoms with Gasteiger partial charge < -0.3 is 15.8 Å². The molecule has 0 aliphatic carbocycles. The minimum Gasteiger partial charge on any atom is -0.481 e. The lowest BCUT2D eigenvalue weighted by atomic mass is 10.1. The van der Waals surface area contributed by atoms with Crippen LogP contribution in [0.4, 0.5) is 5.82 Å². The molecule has 0 bridgehead atoms. The number of methoxy groups -OCH3 is 1. The number of nitrogens with two attached hydrogens (primary N) is 1. The summed E-state index contributed by atoms with van der Waals surface area (Å²) < 4.78 is 5.18. The van der Waals surface area contributed by atoms with E-state index in [1.807, 2.05) is 6.92 Å². The number of benzene rings is 1. The maximum absolute atomic E-state index is 5.54. The molecule has 0 radical (unpaired) electrons. The summed E-state index contributed by atoms with van der Waals surface area (Å²) in [6, 6.07) is 8.42. The van der Waals surface area contributed by atoms with E-state index in [0.29, 0.717) is 19.0 Å². The lowest BCUT2D eigenvalue weighted by Crippen LogP contribution is -2.06. The van der Waals surface area contributed by atoms with Crippen molar-refractivity contribution < 1.29 is 4.74 Å². The molecule has 5 heteroatoms. The lowest BCUT2D eigenvalue weighted by molar-refractivity contribution is 0.393. The van der Waals surface area contributed by atoms with Gasteiger partial charge in [-0.3, -0.25) is 0 Å². The first kappa shape index (κ1) is 14.3. The van der Waals surface area contributed by atoms with Gasteiger partial charge in [-0.25, -0.2) is 9.97 Å². The van der Waals surface area contributed by atoms with Crippen molar-refractivity contribution in [3.8, 4) is 5.88 Å². The van der Waals surface area contributed by atoms with Crippen molar-refractivity contribution in [2.45, 2.75) is 19.9 Å². The molecule has 1 aromatic carbocycles. The fraction of sp³-hybridized carbons (Fsp3) is 0.333. The Morgan fingerprint density at radius 1 is 1.15 bits per heavy atom. The molecule has 0 unspecified atom stereocenters. The number of aromatic nitrogens is 2. The predicted octanol–water partition coefficient (Wildman–Crippen LogP) is 1.91. The van der Waals surface area contributed by atoms with Gasteiger partial charge in [0.15, 0.2) is 0 Å². The third-order valence-corrected chi connectivity index (χ3v) is 3.15. The average molecular weight is 272 g/mol. The molecule has 0 saturated heterocycles. The minimum atomic E-state index is 0.598. The molecule has 0 aliphatic heterocycles. The Balaban J connectivity index is 2.01. The van der Waals surface area contributed by atoms with E-state index in [-0.39, 0.29) is 0 Å². The van der Waals surface area contributed by atoms with Gasteiger partial charge in [0.05, 0.1) is 12.7 Å². The summed E-state index contributed by atoms with van der Waals surface area (Å²) in [7, 11) is 1.61. The van der Waals surface area contributed by atoms with E-state index in [4.69, 9.17) is 10.5 Å². The van der Waals surface area contributed by atoms with E-state index in [1.165, 1.54) is 17.5 Å². The minimum absolute atomic E-state index is 0.598. The van der Waals surface area contributed by atoms with Crippen LogP contribution in [0.1, 0.15) is 16.7 Å². The molecule has 0 aliphatic rings. The summed E-state index contributed by atoms with van der Waals surface area (Å²) in [5.74, 6) is 1.39. The van der Waals surface area contributed by atoms with Crippen LogP contribution in [-0.2, 0) is 13.0 Å². The molecule has 2 aromatic rings. The third-order valence-electron chi connectivity index (χ3n) is 3.15. The van der Waals surface area contributed by atoms with Crippen LogP contribution < -0.4 is 15.8 Å². The zero-order valence-corrected chi connectivity index (χ0v) is 11.9. The molecule has 0 spiro atoms. The topological polar surface area (TPSA) is 73.1 Å². The molecular formula is C15H20N4O. The fourth-order valence-corrected chi connectivity index (χ4v) is 1.99. The van der Waals surface area contributed by atoms with E-state index in [2.05, 4.69) is 39.6 Å². The van der Waals surface area contributed by atoms with Crippen LogP contribution in [0.3, 0.4) is 0 Å². The number of ether oxygens (including phenoxy) is 1. The van der Waals surface area contributed by atoms with E-state index in [1.54, 1.807) is 7.11 Å². The molecular weight excluding hydrogens is 252 g/mol. The van der Waals surface area contributed by atoms with Crippen LogP contribution >= 0.6 is 0 Å². The van der Waals surface area contributed by atoms with Crippen LogP contribution in [0.25, 0.3) is 0 Å².